The van der Waals surface area contributed by atoms with Crippen molar-refractivity contribution in [1.82, 2.24) is 14.5 Å². The summed E-state index contributed by atoms with van der Waals surface area (Å²) in [6, 6.07) is 11.4. The van der Waals surface area contributed by atoms with Gasteiger partial charge < -0.3 is 15.0 Å². The Morgan fingerprint density at radius 3 is 2.77 bits per heavy atom. The lowest BCUT2D eigenvalue weighted by Crippen LogP contribution is -2.32. The van der Waals surface area contributed by atoms with Gasteiger partial charge in [-0.1, -0.05) is 41.4 Å². The van der Waals surface area contributed by atoms with Crippen molar-refractivity contribution >= 4 is 35.0 Å². The first-order chi connectivity index (χ1) is 14.4. The Kier molecular flexibility index (Phi) is 6.21. The molecule has 8 heteroatoms. The number of nitrogens with zero attached hydrogens (tertiary/aromatic N) is 2. The van der Waals surface area contributed by atoms with E-state index in [1.165, 1.54) is 4.57 Å². The Morgan fingerprint density at radius 1 is 1.23 bits per heavy atom. The highest BCUT2D eigenvalue weighted by Crippen LogP contribution is 2.40. The van der Waals surface area contributed by atoms with Gasteiger partial charge in [0.15, 0.2) is 0 Å². The summed E-state index contributed by atoms with van der Waals surface area (Å²) in [5.74, 6) is 0.740. The van der Waals surface area contributed by atoms with E-state index in [4.69, 9.17) is 23.2 Å². The van der Waals surface area contributed by atoms with Crippen molar-refractivity contribution in [3.05, 3.63) is 79.3 Å². The van der Waals surface area contributed by atoms with Gasteiger partial charge in [0.1, 0.15) is 0 Å². The zero-order valence-corrected chi connectivity index (χ0v) is 19.1. The molecule has 5 nitrogen and oxygen atoms in total. The first-order valence-electron chi connectivity index (χ1n) is 9.68. The second-order valence-electron chi connectivity index (χ2n) is 7.57. The molecule has 1 atom stereocenters. The Hall–Kier alpha value is -1.86. The zero-order valence-electron chi connectivity index (χ0n) is 16.8. The van der Waals surface area contributed by atoms with Gasteiger partial charge in [-0.05, 0) is 53.9 Å². The number of fused-ring (bicyclic) bond motifs is 1. The number of likely N-dealkylation sites (N-methyl/N-ethyl adjacent to an activating group) is 1. The smallest absolute Gasteiger partial charge is 0.333 e. The number of aromatic amines is 1. The average Bonchev–Trinajstić information content (AvgIpc) is 2.99. The fourth-order valence-electron chi connectivity index (χ4n) is 4.17. The predicted molar refractivity (Wildman–Crippen MR) is 125 cm³/mol. The number of aromatic hydroxyl groups is 1. The van der Waals surface area contributed by atoms with E-state index in [-0.39, 0.29) is 17.5 Å². The van der Waals surface area contributed by atoms with Gasteiger partial charge in [0.2, 0.25) is 5.88 Å². The quantitative estimate of drug-likeness (QED) is 0.577. The molecule has 30 heavy (non-hydrogen) atoms. The molecule has 0 bridgehead atoms. The summed E-state index contributed by atoms with van der Waals surface area (Å²) in [7, 11) is 2.05. The molecule has 2 N–H and O–H groups in total. The van der Waals surface area contributed by atoms with Crippen LogP contribution in [0.1, 0.15) is 28.3 Å². The SMILES string of the molecule is CSCCc1[nH]c(=O)n(-c2ccccc2[C@@H]2CN(C)Cc3c(Cl)cc(Cl)cc32)c1O. The van der Waals surface area contributed by atoms with Crippen LogP contribution in [0.4, 0.5) is 0 Å². The van der Waals surface area contributed by atoms with Crippen LogP contribution in [-0.4, -0.2) is 45.2 Å². The first kappa shape index (κ1) is 21.4. The monoisotopic (exact) mass is 463 g/mol. The van der Waals surface area contributed by atoms with Crippen molar-refractivity contribution in [2.45, 2.75) is 18.9 Å². The summed E-state index contributed by atoms with van der Waals surface area (Å²) in [5, 5.41) is 12.1. The number of rotatable bonds is 5. The lowest BCUT2D eigenvalue weighted by molar-refractivity contribution is 0.295. The van der Waals surface area contributed by atoms with Crippen molar-refractivity contribution < 1.29 is 5.11 Å². The number of thioether (sulfide) groups is 1. The van der Waals surface area contributed by atoms with Crippen LogP contribution in [0.25, 0.3) is 5.69 Å². The third kappa shape index (κ3) is 3.89. The number of hydrogen-bond donors (Lipinski definition) is 2. The molecule has 0 saturated carbocycles. The van der Waals surface area contributed by atoms with Gasteiger partial charge in [-0.3, -0.25) is 0 Å². The van der Waals surface area contributed by atoms with Crippen LogP contribution in [0.3, 0.4) is 0 Å². The fourth-order valence-corrected chi connectivity index (χ4v) is 5.15. The second kappa shape index (κ2) is 8.71. The molecule has 0 radical (unpaired) electrons. The minimum absolute atomic E-state index is 0.0324. The minimum Gasteiger partial charge on any atom is -0.493 e. The Labute approximate surface area is 189 Å². The van der Waals surface area contributed by atoms with Crippen LogP contribution >= 0.6 is 35.0 Å². The zero-order chi connectivity index (χ0) is 21.4. The molecule has 1 aromatic heterocycles. The van der Waals surface area contributed by atoms with Crippen LogP contribution in [-0.2, 0) is 13.0 Å². The predicted octanol–water partition coefficient (Wildman–Crippen LogP) is 4.66. The summed E-state index contributed by atoms with van der Waals surface area (Å²) in [6.07, 6.45) is 2.59. The molecule has 0 aliphatic carbocycles. The Morgan fingerprint density at radius 2 is 2.00 bits per heavy atom. The highest BCUT2D eigenvalue weighted by atomic mass is 35.5. The maximum absolute atomic E-state index is 12.8. The van der Waals surface area contributed by atoms with Crippen molar-refractivity contribution in [3.8, 4) is 11.6 Å². The normalized spacial score (nSPS) is 16.6. The number of aromatic nitrogens is 2. The topological polar surface area (TPSA) is 61.3 Å². The summed E-state index contributed by atoms with van der Waals surface area (Å²) in [5.41, 5.74) is 3.91. The number of halogens is 2. The molecule has 0 saturated heterocycles. The van der Waals surface area contributed by atoms with E-state index in [0.717, 1.165) is 35.5 Å². The number of para-hydroxylation sites is 1. The maximum Gasteiger partial charge on any atom is 0.333 e. The lowest BCUT2D eigenvalue weighted by atomic mass is 9.84. The third-order valence-electron chi connectivity index (χ3n) is 5.54. The van der Waals surface area contributed by atoms with Crippen LogP contribution in [0, 0.1) is 0 Å². The summed E-state index contributed by atoms with van der Waals surface area (Å²) >= 11 is 14.5. The van der Waals surface area contributed by atoms with Crippen molar-refractivity contribution in [1.29, 1.82) is 0 Å². The molecule has 0 amide bonds. The number of imidazole rings is 1. The van der Waals surface area contributed by atoms with Gasteiger partial charge in [0.05, 0.1) is 11.4 Å². The molecule has 2 aromatic carbocycles. The van der Waals surface area contributed by atoms with Gasteiger partial charge in [-0.15, -0.1) is 0 Å². The second-order valence-corrected chi connectivity index (χ2v) is 9.40. The van der Waals surface area contributed by atoms with Gasteiger partial charge in [-0.2, -0.15) is 11.8 Å². The van der Waals surface area contributed by atoms with Gasteiger partial charge in [-0.25, -0.2) is 9.36 Å². The fraction of sp³-hybridized carbons (Fsp3) is 0.318. The molecular weight excluding hydrogens is 441 g/mol. The number of aryl methyl sites for hydroxylation is 1. The van der Waals surface area contributed by atoms with E-state index in [1.807, 2.05) is 43.6 Å². The molecule has 1 aliphatic heterocycles. The maximum atomic E-state index is 12.8. The van der Waals surface area contributed by atoms with Gasteiger partial charge >= 0.3 is 5.69 Å². The minimum atomic E-state index is -0.343. The van der Waals surface area contributed by atoms with Crippen LogP contribution < -0.4 is 5.69 Å². The van der Waals surface area contributed by atoms with Crippen LogP contribution in [0.2, 0.25) is 10.0 Å². The molecule has 1 aliphatic rings. The van der Waals surface area contributed by atoms with Crippen LogP contribution in [0.15, 0.2) is 41.2 Å². The molecule has 158 valence electrons. The number of nitrogens with one attached hydrogen (secondary N) is 1. The highest BCUT2D eigenvalue weighted by molar-refractivity contribution is 7.98. The Bertz CT molecular complexity index is 1140. The standard InChI is InChI=1S/C22H23Cl2N3O2S/c1-26-11-16(15-9-13(23)10-18(24)17(15)12-26)14-5-3-4-6-20(14)27-21(28)19(7-8-30-2)25-22(27)29/h3-6,9-10,16,28H,7-8,11-12H2,1-2H3,(H,25,29)/t16-/m0/s1. The summed E-state index contributed by atoms with van der Waals surface area (Å²) < 4.78 is 1.37. The van der Waals surface area contributed by atoms with E-state index in [9.17, 15) is 9.90 Å². The Balaban J connectivity index is 1.88. The first-order valence-corrected chi connectivity index (χ1v) is 11.8. The molecule has 0 unspecified atom stereocenters. The summed E-state index contributed by atoms with van der Waals surface area (Å²) in [6.45, 7) is 1.48. The van der Waals surface area contributed by atoms with Crippen molar-refractivity contribution in [2.75, 3.05) is 25.6 Å². The van der Waals surface area contributed by atoms with E-state index >= 15 is 0 Å². The molecule has 0 fully saturated rings. The number of benzene rings is 2. The van der Waals surface area contributed by atoms with Gasteiger partial charge in [0.25, 0.3) is 0 Å². The van der Waals surface area contributed by atoms with E-state index in [2.05, 4.69) is 9.88 Å². The third-order valence-corrected chi connectivity index (χ3v) is 6.71. The highest BCUT2D eigenvalue weighted by Gasteiger charge is 2.30. The number of hydrogen-bond acceptors (Lipinski definition) is 4. The summed E-state index contributed by atoms with van der Waals surface area (Å²) in [4.78, 5) is 17.8. The van der Waals surface area contributed by atoms with Crippen molar-refractivity contribution in [3.63, 3.8) is 0 Å². The number of H-pyrrole nitrogens is 1. The van der Waals surface area contributed by atoms with Crippen molar-refractivity contribution in [2.24, 2.45) is 0 Å². The molecule has 2 heterocycles. The van der Waals surface area contributed by atoms with E-state index in [1.54, 1.807) is 17.8 Å². The largest absolute Gasteiger partial charge is 0.493 e. The average molecular weight is 464 g/mol. The molecular formula is C22H23Cl2N3O2S. The van der Waals surface area contributed by atoms with Gasteiger partial charge in [0, 0.05) is 35.5 Å². The van der Waals surface area contributed by atoms with Crippen LogP contribution in [0.5, 0.6) is 5.88 Å². The molecule has 3 aromatic rings. The molecule has 4 rings (SSSR count). The van der Waals surface area contributed by atoms with E-state index in [0.29, 0.717) is 27.8 Å². The lowest BCUT2D eigenvalue weighted by Gasteiger charge is -2.34. The molecule has 0 spiro atoms. The van der Waals surface area contributed by atoms with E-state index < -0.39 is 0 Å².